The summed E-state index contributed by atoms with van der Waals surface area (Å²) in [7, 11) is 0. The Kier molecular flexibility index (Phi) is 7.92. The highest BCUT2D eigenvalue weighted by Gasteiger charge is 1.73. The van der Waals surface area contributed by atoms with Gasteiger partial charge in [0.2, 0.25) is 0 Å². The Morgan fingerprint density at radius 1 is 1.86 bits per heavy atom. The maximum Gasteiger partial charge on any atom is 0.163 e. The van der Waals surface area contributed by atoms with Crippen molar-refractivity contribution in [2.75, 3.05) is 6.54 Å². The molecule has 44 valence electrons. The molecule has 3 nitrogen and oxygen atoms in total. The molecule has 0 unspecified atom stereocenters. The van der Waals surface area contributed by atoms with Crippen molar-refractivity contribution in [1.29, 1.82) is 0 Å². The van der Waals surface area contributed by atoms with E-state index in [2.05, 4.69) is 17.5 Å². The monoisotopic (exact) mass is 121 g/mol. The molecular weight excluding hydrogens is 110 g/mol. The van der Waals surface area contributed by atoms with E-state index in [1.165, 1.54) is 0 Å². The van der Waals surface area contributed by atoms with Crippen LogP contribution < -0.4 is 17.2 Å². The fourth-order valence-electron chi connectivity index (χ4n) is 0.174. The predicted molar refractivity (Wildman–Crippen MR) is 35.5 cm³/mol. The summed E-state index contributed by atoms with van der Waals surface area (Å²) in [6.07, 6.45) is 0. The van der Waals surface area contributed by atoms with Gasteiger partial charge in [0.25, 0.3) is 0 Å². The van der Waals surface area contributed by atoms with Crippen LogP contribution >= 0.6 is 12.2 Å². The molecule has 0 amide bonds. The number of thiocarbonyl (C=S) groups is 1. The van der Waals surface area contributed by atoms with E-state index in [1.54, 1.807) is 0 Å². The summed E-state index contributed by atoms with van der Waals surface area (Å²) >= 11 is 4.46. The van der Waals surface area contributed by atoms with Gasteiger partial charge in [0, 0.05) is 6.54 Å². The lowest BCUT2D eigenvalue weighted by Gasteiger charge is -1.92. The highest BCUT2D eigenvalue weighted by molar-refractivity contribution is 7.80. The molecule has 4 heteroatoms. The molecule has 0 fully saturated rings. The first-order valence-corrected chi connectivity index (χ1v) is 2.21. The smallest absolute Gasteiger partial charge is 0.163 e. The third-order valence-corrected chi connectivity index (χ3v) is 0.495. The average molecular weight is 121 g/mol. The van der Waals surface area contributed by atoms with E-state index in [4.69, 9.17) is 5.73 Å². The van der Waals surface area contributed by atoms with Gasteiger partial charge in [-0.3, -0.25) is 0 Å². The van der Waals surface area contributed by atoms with Crippen LogP contribution in [0.5, 0.6) is 0 Å². The van der Waals surface area contributed by atoms with Crippen LogP contribution in [0.4, 0.5) is 0 Å². The first kappa shape index (κ1) is 9.82. The molecule has 0 rings (SSSR count). The molecule has 0 saturated carbocycles. The zero-order chi connectivity index (χ0) is 4.99. The number of rotatable bonds is 1. The Balaban J connectivity index is 0. The normalized spacial score (nSPS) is 6.43. The first-order chi connectivity index (χ1) is 2.77. The molecule has 0 saturated heterocycles. The molecule has 7 heavy (non-hydrogen) atoms. The molecule has 0 bridgehead atoms. The van der Waals surface area contributed by atoms with Crippen molar-refractivity contribution in [2.24, 2.45) is 5.73 Å². The van der Waals surface area contributed by atoms with Crippen LogP contribution in [-0.4, -0.2) is 11.7 Å². The van der Waals surface area contributed by atoms with Crippen LogP contribution in [0.15, 0.2) is 0 Å². The molecule has 0 aromatic heterocycles. The van der Waals surface area contributed by atoms with Crippen LogP contribution in [0.3, 0.4) is 0 Å². The van der Waals surface area contributed by atoms with Gasteiger partial charge in [-0.25, -0.2) is 0 Å². The van der Waals surface area contributed by atoms with Crippen LogP contribution in [0, 0.1) is 0 Å². The third kappa shape index (κ3) is 10.7. The van der Waals surface area contributed by atoms with E-state index in [0.717, 1.165) is 6.54 Å². The lowest BCUT2D eigenvalue weighted by molar-refractivity contribution is 0.973. The molecule has 0 aliphatic carbocycles. The number of hydrogen-bond acceptors (Lipinski definition) is 2. The van der Waals surface area contributed by atoms with E-state index < -0.39 is 0 Å². The minimum absolute atomic E-state index is 0. The molecular formula is C3H11N3S. The van der Waals surface area contributed by atoms with Crippen LogP contribution in [0.1, 0.15) is 6.92 Å². The zero-order valence-electron chi connectivity index (χ0n) is 4.40. The summed E-state index contributed by atoms with van der Waals surface area (Å²) in [5, 5.41) is 3.09. The van der Waals surface area contributed by atoms with Gasteiger partial charge in [-0.2, -0.15) is 0 Å². The van der Waals surface area contributed by atoms with Crippen molar-refractivity contribution in [3.8, 4) is 0 Å². The molecule has 0 aromatic carbocycles. The van der Waals surface area contributed by atoms with Gasteiger partial charge < -0.3 is 17.2 Å². The molecule has 0 aromatic rings. The van der Waals surface area contributed by atoms with Crippen LogP contribution in [0.2, 0.25) is 0 Å². The van der Waals surface area contributed by atoms with Crippen molar-refractivity contribution in [2.45, 2.75) is 6.92 Å². The SMILES string of the molecule is CCNC(N)=S.N. The number of nitrogens with two attached hydrogens (primary N) is 1. The predicted octanol–water partition coefficient (Wildman–Crippen LogP) is 0.00150. The summed E-state index contributed by atoms with van der Waals surface area (Å²) in [5.41, 5.74) is 5.02. The molecule has 0 aliphatic rings. The second kappa shape index (κ2) is 5.65. The van der Waals surface area contributed by atoms with Gasteiger partial charge in [-0.05, 0) is 19.1 Å². The second-order valence-electron chi connectivity index (χ2n) is 0.895. The van der Waals surface area contributed by atoms with Gasteiger partial charge in [-0.15, -0.1) is 0 Å². The summed E-state index contributed by atoms with van der Waals surface area (Å²) in [6.45, 7) is 2.76. The summed E-state index contributed by atoms with van der Waals surface area (Å²) in [4.78, 5) is 0. The van der Waals surface area contributed by atoms with Gasteiger partial charge >= 0.3 is 0 Å². The van der Waals surface area contributed by atoms with Crippen molar-refractivity contribution in [1.82, 2.24) is 11.5 Å². The van der Waals surface area contributed by atoms with E-state index in [-0.39, 0.29) is 6.15 Å². The van der Waals surface area contributed by atoms with Crippen molar-refractivity contribution < 1.29 is 0 Å². The van der Waals surface area contributed by atoms with Crippen LogP contribution in [0.25, 0.3) is 0 Å². The van der Waals surface area contributed by atoms with Crippen molar-refractivity contribution >= 4 is 17.3 Å². The summed E-state index contributed by atoms with van der Waals surface area (Å²) < 4.78 is 0. The molecule has 0 radical (unpaired) electrons. The fourth-order valence-corrected chi connectivity index (χ4v) is 0.319. The first-order valence-electron chi connectivity index (χ1n) is 1.80. The van der Waals surface area contributed by atoms with E-state index >= 15 is 0 Å². The van der Waals surface area contributed by atoms with Gasteiger partial charge in [0.15, 0.2) is 5.11 Å². The lowest BCUT2D eigenvalue weighted by Crippen LogP contribution is -2.28. The maximum atomic E-state index is 5.02. The average Bonchev–Trinajstić information content (AvgIpc) is 1.35. The largest absolute Gasteiger partial charge is 0.376 e. The van der Waals surface area contributed by atoms with Gasteiger partial charge in [0.05, 0.1) is 0 Å². The Hall–Kier alpha value is -0.350. The molecule has 0 aliphatic heterocycles. The molecule has 0 heterocycles. The second-order valence-corrected chi connectivity index (χ2v) is 1.33. The molecule has 6 N–H and O–H groups in total. The van der Waals surface area contributed by atoms with Gasteiger partial charge in [0.1, 0.15) is 0 Å². The van der Waals surface area contributed by atoms with E-state index in [0.29, 0.717) is 5.11 Å². The number of nitrogens with one attached hydrogen (secondary N) is 1. The maximum absolute atomic E-state index is 5.02. The van der Waals surface area contributed by atoms with Crippen molar-refractivity contribution in [3.63, 3.8) is 0 Å². The van der Waals surface area contributed by atoms with Crippen molar-refractivity contribution in [3.05, 3.63) is 0 Å². The quantitative estimate of drug-likeness (QED) is 0.427. The Morgan fingerprint density at radius 3 is 2.29 bits per heavy atom. The topological polar surface area (TPSA) is 73.0 Å². The van der Waals surface area contributed by atoms with E-state index in [9.17, 15) is 0 Å². The minimum Gasteiger partial charge on any atom is -0.376 e. The third-order valence-electron chi connectivity index (χ3n) is 0.351. The number of hydrogen-bond donors (Lipinski definition) is 3. The summed E-state index contributed by atoms with van der Waals surface area (Å²) in [5.74, 6) is 0. The molecule has 0 spiro atoms. The standard InChI is InChI=1S/C3H8N2S.H3N/c1-2-5-3(4)6;/h2H2,1H3,(H3,4,5,6);1H3. The Morgan fingerprint density at radius 2 is 2.29 bits per heavy atom. The zero-order valence-corrected chi connectivity index (χ0v) is 5.22. The van der Waals surface area contributed by atoms with Gasteiger partial charge in [-0.1, -0.05) is 0 Å². The summed E-state index contributed by atoms with van der Waals surface area (Å²) in [6, 6.07) is 0. The lowest BCUT2D eigenvalue weighted by atomic mass is 10.8. The highest BCUT2D eigenvalue weighted by atomic mass is 32.1. The highest BCUT2D eigenvalue weighted by Crippen LogP contribution is 1.52. The minimum atomic E-state index is 0. The Bertz CT molecular complexity index is 54.1. The fraction of sp³-hybridized carbons (Fsp3) is 0.667. The van der Waals surface area contributed by atoms with E-state index in [1.807, 2.05) is 6.92 Å². The Labute approximate surface area is 48.9 Å². The van der Waals surface area contributed by atoms with Crippen LogP contribution in [-0.2, 0) is 0 Å². The molecule has 0 atom stereocenters.